The van der Waals surface area contributed by atoms with Crippen molar-refractivity contribution in [3.63, 3.8) is 0 Å². The molecular weight excluding hydrogens is 282 g/mol. The fourth-order valence-electron chi connectivity index (χ4n) is 3.33. The van der Waals surface area contributed by atoms with E-state index in [0.29, 0.717) is 0 Å². The minimum atomic E-state index is 1.02. The summed E-state index contributed by atoms with van der Waals surface area (Å²) in [5, 5.41) is 6.82. The monoisotopic (exact) mass is 295 g/mol. The van der Waals surface area contributed by atoms with Gasteiger partial charge >= 0.3 is 0 Å². The molecule has 108 valence electrons. The third-order valence-electron chi connectivity index (χ3n) is 4.31. The molecule has 0 unspecified atom stereocenters. The van der Waals surface area contributed by atoms with E-state index < -0.39 is 0 Å². The Kier molecular flexibility index (Phi) is 2.50. The number of benzene rings is 2. The molecule has 0 atom stereocenters. The van der Waals surface area contributed by atoms with Gasteiger partial charge in [-0.2, -0.15) is 5.10 Å². The van der Waals surface area contributed by atoms with E-state index in [1.54, 1.807) is 0 Å². The summed E-state index contributed by atoms with van der Waals surface area (Å²) in [6.45, 7) is 0. The van der Waals surface area contributed by atoms with Crippen LogP contribution in [0, 0.1) is 0 Å². The van der Waals surface area contributed by atoms with Gasteiger partial charge in [0.25, 0.3) is 0 Å². The molecule has 3 heteroatoms. The maximum absolute atomic E-state index is 4.63. The average molecular weight is 295 g/mol. The van der Waals surface area contributed by atoms with Crippen LogP contribution in [0.5, 0.6) is 0 Å². The second kappa shape index (κ2) is 4.65. The molecule has 0 saturated heterocycles. The predicted octanol–water partition coefficient (Wildman–Crippen LogP) is 4.70. The molecule has 3 heterocycles. The number of nitrogens with zero attached hydrogens (tertiary/aromatic N) is 3. The minimum absolute atomic E-state index is 1.02. The number of fused-ring (bicyclic) bond motifs is 6. The zero-order valence-corrected chi connectivity index (χ0v) is 12.3. The molecule has 2 aromatic carbocycles. The van der Waals surface area contributed by atoms with Crippen molar-refractivity contribution >= 4 is 27.3 Å². The largest absolute Gasteiger partial charge is 0.255 e. The fourth-order valence-corrected chi connectivity index (χ4v) is 3.33. The molecule has 0 N–H and O–H groups in total. The molecule has 0 aliphatic rings. The van der Waals surface area contributed by atoms with Crippen LogP contribution >= 0.6 is 0 Å². The highest BCUT2D eigenvalue weighted by atomic mass is 15.2. The summed E-state index contributed by atoms with van der Waals surface area (Å²) in [6.07, 6.45) is 3.70. The highest BCUT2D eigenvalue weighted by Gasteiger charge is 2.13. The van der Waals surface area contributed by atoms with Crippen LogP contribution in [0.3, 0.4) is 0 Å². The molecule has 0 amide bonds. The van der Waals surface area contributed by atoms with Crippen LogP contribution in [0.4, 0.5) is 0 Å². The van der Waals surface area contributed by atoms with E-state index in [0.717, 1.165) is 27.3 Å². The zero-order chi connectivity index (χ0) is 15.2. The van der Waals surface area contributed by atoms with Gasteiger partial charge in [0.05, 0.1) is 22.7 Å². The first-order valence-electron chi connectivity index (χ1n) is 7.62. The molecule has 0 aliphatic heterocycles. The Morgan fingerprint density at radius 2 is 1.57 bits per heavy atom. The van der Waals surface area contributed by atoms with Gasteiger partial charge in [-0.1, -0.05) is 48.5 Å². The van der Waals surface area contributed by atoms with E-state index in [-0.39, 0.29) is 0 Å². The third-order valence-corrected chi connectivity index (χ3v) is 4.31. The summed E-state index contributed by atoms with van der Waals surface area (Å²) in [6, 6.07) is 22.9. The lowest BCUT2D eigenvalue weighted by Gasteiger charge is -2.11. The third kappa shape index (κ3) is 1.70. The Morgan fingerprint density at radius 3 is 2.48 bits per heavy atom. The Labute approximate surface area is 132 Å². The molecular formula is C20H13N3. The Morgan fingerprint density at radius 1 is 0.696 bits per heavy atom. The predicted molar refractivity (Wildman–Crippen MR) is 93.4 cm³/mol. The van der Waals surface area contributed by atoms with Gasteiger partial charge in [0.2, 0.25) is 0 Å². The highest BCUT2D eigenvalue weighted by molar-refractivity contribution is 6.13. The molecule has 23 heavy (non-hydrogen) atoms. The second-order valence-corrected chi connectivity index (χ2v) is 5.60. The van der Waals surface area contributed by atoms with E-state index in [9.17, 15) is 0 Å². The summed E-state index contributed by atoms with van der Waals surface area (Å²) < 4.78 is 2.03. The van der Waals surface area contributed by atoms with E-state index >= 15 is 0 Å². The zero-order valence-electron chi connectivity index (χ0n) is 12.3. The van der Waals surface area contributed by atoms with Crippen molar-refractivity contribution in [2.24, 2.45) is 0 Å². The summed E-state index contributed by atoms with van der Waals surface area (Å²) in [7, 11) is 0. The summed E-state index contributed by atoms with van der Waals surface area (Å²) >= 11 is 0. The van der Waals surface area contributed by atoms with Crippen LogP contribution in [0.2, 0.25) is 0 Å². The number of para-hydroxylation sites is 1. The maximum atomic E-state index is 4.63. The lowest BCUT2D eigenvalue weighted by Crippen LogP contribution is -1.96. The molecule has 0 bridgehead atoms. The molecule has 0 fully saturated rings. The van der Waals surface area contributed by atoms with E-state index in [2.05, 4.69) is 58.6 Å². The summed E-state index contributed by atoms with van der Waals surface area (Å²) in [4.78, 5) is 4.63. The first kappa shape index (κ1) is 12.4. The van der Waals surface area contributed by atoms with Gasteiger partial charge in [-0.3, -0.25) is 4.98 Å². The molecule has 3 nitrogen and oxygen atoms in total. The first-order chi connectivity index (χ1) is 11.4. The molecule has 5 rings (SSSR count). The van der Waals surface area contributed by atoms with Crippen LogP contribution in [-0.4, -0.2) is 14.6 Å². The number of hydrogen-bond acceptors (Lipinski definition) is 2. The molecule has 5 aromatic rings. The fraction of sp³-hybridized carbons (Fsp3) is 0. The van der Waals surface area contributed by atoms with Gasteiger partial charge in [0.1, 0.15) is 0 Å². The topological polar surface area (TPSA) is 30.2 Å². The van der Waals surface area contributed by atoms with Gasteiger partial charge < -0.3 is 0 Å². The van der Waals surface area contributed by atoms with Gasteiger partial charge in [-0.15, -0.1) is 0 Å². The second-order valence-electron chi connectivity index (χ2n) is 5.60. The summed E-state index contributed by atoms with van der Waals surface area (Å²) in [5.41, 5.74) is 5.57. The highest BCUT2D eigenvalue weighted by Crippen LogP contribution is 2.33. The van der Waals surface area contributed by atoms with Crippen LogP contribution in [0.25, 0.3) is 38.4 Å². The van der Waals surface area contributed by atoms with Crippen molar-refractivity contribution in [2.45, 2.75) is 0 Å². The van der Waals surface area contributed by atoms with E-state index in [1.165, 1.54) is 11.1 Å². The summed E-state index contributed by atoms with van der Waals surface area (Å²) in [5.74, 6) is 0. The lowest BCUT2D eigenvalue weighted by molar-refractivity contribution is 1.01. The molecule has 0 aliphatic carbocycles. The van der Waals surface area contributed by atoms with Crippen molar-refractivity contribution in [1.29, 1.82) is 0 Å². The van der Waals surface area contributed by atoms with Gasteiger partial charge in [0.15, 0.2) is 0 Å². The van der Waals surface area contributed by atoms with Crippen molar-refractivity contribution in [2.75, 3.05) is 0 Å². The van der Waals surface area contributed by atoms with Crippen molar-refractivity contribution < 1.29 is 0 Å². The van der Waals surface area contributed by atoms with Gasteiger partial charge in [-0.25, -0.2) is 4.52 Å². The average Bonchev–Trinajstić information content (AvgIpc) is 3.12. The van der Waals surface area contributed by atoms with Gasteiger partial charge in [-0.05, 0) is 23.8 Å². The lowest BCUT2D eigenvalue weighted by atomic mass is 10.0. The Hall–Kier alpha value is -3.20. The Bertz CT molecular complexity index is 1160. The molecule has 3 aromatic heterocycles. The van der Waals surface area contributed by atoms with Crippen molar-refractivity contribution in [1.82, 2.24) is 14.6 Å². The van der Waals surface area contributed by atoms with Crippen molar-refractivity contribution in [3.8, 4) is 11.1 Å². The van der Waals surface area contributed by atoms with Crippen LogP contribution in [0.1, 0.15) is 0 Å². The molecule has 0 radical (unpaired) electrons. The molecule has 0 spiro atoms. The van der Waals surface area contributed by atoms with Gasteiger partial charge in [0, 0.05) is 22.5 Å². The smallest absolute Gasteiger partial charge is 0.0825 e. The molecule has 0 saturated carbocycles. The SMILES string of the molecule is c1ccc(-c2cccc3c4ncccc4c4ccnn4c23)cc1. The number of hydrogen-bond donors (Lipinski definition) is 0. The minimum Gasteiger partial charge on any atom is -0.255 e. The van der Waals surface area contributed by atoms with Crippen molar-refractivity contribution in [3.05, 3.63) is 79.1 Å². The van der Waals surface area contributed by atoms with Crippen LogP contribution in [-0.2, 0) is 0 Å². The van der Waals surface area contributed by atoms with Crippen LogP contribution in [0.15, 0.2) is 79.1 Å². The Balaban J connectivity index is 2.07. The van der Waals surface area contributed by atoms with Crippen LogP contribution < -0.4 is 0 Å². The number of aromatic nitrogens is 3. The van der Waals surface area contributed by atoms with E-state index in [1.807, 2.05) is 35.1 Å². The van der Waals surface area contributed by atoms with E-state index in [4.69, 9.17) is 0 Å². The normalized spacial score (nSPS) is 11.5. The standard InChI is InChI=1S/C20H13N3/c1-2-6-14(7-3-1)15-8-4-9-17-19-16(10-5-12-21-19)18-11-13-22-23(18)20(15)17/h1-13H. The quantitative estimate of drug-likeness (QED) is 0.419. The number of pyridine rings is 2. The first-order valence-corrected chi connectivity index (χ1v) is 7.62. The maximum Gasteiger partial charge on any atom is 0.0825 e. The number of rotatable bonds is 1.